The summed E-state index contributed by atoms with van der Waals surface area (Å²) in [5, 5.41) is -0.211. The van der Waals surface area contributed by atoms with Crippen molar-refractivity contribution in [1.29, 1.82) is 0 Å². The summed E-state index contributed by atoms with van der Waals surface area (Å²) in [7, 11) is -1.79. The minimum atomic E-state index is -3.09. The Morgan fingerprint density at radius 3 is 1.32 bits per heavy atom. The molecule has 115 valence electrons. The van der Waals surface area contributed by atoms with E-state index in [0.29, 0.717) is 0 Å². The highest BCUT2D eigenvalue weighted by Crippen LogP contribution is 2.83. The summed E-state index contributed by atoms with van der Waals surface area (Å²) in [4.78, 5) is 0. The number of halogens is 5. The quantitative estimate of drug-likeness (QED) is 0.280. The van der Waals surface area contributed by atoms with E-state index in [-0.39, 0.29) is 17.2 Å². The lowest BCUT2D eigenvalue weighted by Gasteiger charge is -2.51. The van der Waals surface area contributed by atoms with Crippen molar-refractivity contribution in [3.05, 3.63) is 0 Å². The van der Waals surface area contributed by atoms with E-state index < -0.39 is 19.3 Å². The zero-order valence-corrected chi connectivity index (χ0v) is 19.1. The highest BCUT2D eigenvalue weighted by molar-refractivity contribution is 8.45. The van der Waals surface area contributed by atoms with Gasteiger partial charge in [0.1, 0.15) is 0 Å². The third kappa shape index (κ3) is 4.17. The van der Waals surface area contributed by atoms with Crippen LogP contribution in [-0.2, 0) is 0 Å². The van der Waals surface area contributed by atoms with Gasteiger partial charge in [0.25, 0.3) is 0 Å². The maximum absolute atomic E-state index is 6.55. The van der Waals surface area contributed by atoms with Crippen molar-refractivity contribution >= 4 is 74.7 Å². The fraction of sp³-hybridized carbons (Fsp3) is 1.00. The molecule has 0 aliphatic rings. The van der Waals surface area contributed by atoms with Gasteiger partial charge in [0.15, 0.2) is 0 Å². The second kappa shape index (κ2) is 7.23. The molecule has 0 aliphatic heterocycles. The number of hydrogen-bond donors (Lipinski definition) is 0. The molecule has 0 amide bonds. The minimum absolute atomic E-state index is 0.211. The fourth-order valence-corrected chi connectivity index (χ4v) is 52.8. The Bertz CT molecular complexity index is 279. The molecular weight excluding hydrogens is 399 g/mol. The molecule has 0 heterocycles. The van der Waals surface area contributed by atoms with Crippen molar-refractivity contribution in [2.45, 2.75) is 65.7 Å². The van der Waals surface area contributed by atoms with Gasteiger partial charge in [0, 0.05) is 12.1 Å². The molecule has 0 spiro atoms. The fourth-order valence-electron chi connectivity index (χ4n) is 2.58. The van der Waals surface area contributed by atoms with E-state index in [4.69, 9.17) is 55.4 Å². The van der Waals surface area contributed by atoms with Crippen LogP contribution in [0.15, 0.2) is 0 Å². The van der Waals surface area contributed by atoms with Crippen LogP contribution in [0, 0.1) is 0 Å². The largest absolute Gasteiger partial charge is 0.528 e. The van der Waals surface area contributed by atoms with E-state index >= 15 is 0 Å². The molecule has 1 radical (unpaired) electrons. The van der Waals surface area contributed by atoms with Gasteiger partial charge in [0.2, 0.25) is 0 Å². The standard InChI is InChI=1S/C10H23Cl5NPSi2/c1-8(2)16(9(3)4)17(18(11)12,10(5,6)7)19(13,14)15/h8-9H,1-7H3/q+1. The Morgan fingerprint density at radius 2 is 1.26 bits per heavy atom. The van der Waals surface area contributed by atoms with Crippen LogP contribution in [0.5, 0.6) is 0 Å². The highest BCUT2D eigenvalue weighted by atomic mass is 35.9. The van der Waals surface area contributed by atoms with E-state index in [1.54, 1.807) is 0 Å². The molecule has 19 heavy (non-hydrogen) atoms. The smallest absolute Gasteiger partial charge is 0.194 e. The van der Waals surface area contributed by atoms with Gasteiger partial charge in [-0.15, -0.1) is 0 Å². The van der Waals surface area contributed by atoms with Crippen molar-refractivity contribution in [3.8, 4) is 0 Å². The predicted molar refractivity (Wildman–Crippen MR) is 99.6 cm³/mol. The van der Waals surface area contributed by atoms with Crippen molar-refractivity contribution in [2.75, 3.05) is 0 Å². The van der Waals surface area contributed by atoms with E-state index in [1.165, 1.54) is 0 Å². The Labute approximate surface area is 144 Å². The summed E-state index contributed by atoms with van der Waals surface area (Å²) in [5.74, 6) is 0. The van der Waals surface area contributed by atoms with Crippen LogP contribution in [0.3, 0.4) is 0 Å². The number of hydrogen-bond acceptors (Lipinski definition) is 1. The van der Waals surface area contributed by atoms with E-state index in [2.05, 4.69) is 53.1 Å². The summed E-state index contributed by atoms with van der Waals surface area (Å²) in [6.07, 6.45) is 0. The van der Waals surface area contributed by atoms with Gasteiger partial charge >= 0.3 is 12.8 Å². The minimum Gasteiger partial charge on any atom is -0.194 e. The first-order valence-corrected chi connectivity index (χ1v) is 18.1. The third-order valence-corrected chi connectivity index (χ3v) is 39.3. The van der Waals surface area contributed by atoms with E-state index in [9.17, 15) is 0 Å². The van der Waals surface area contributed by atoms with Crippen LogP contribution in [0.1, 0.15) is 48.5 Å². The van der Waals surface area contributed by atoms with Gasteiger partial charge in [-0.05, 0) is 48.5 Å². The first-order valence-electron chi connectivity index (χ1n) is 6.14. The molecule has 1 atom stereocenters. The van der Waals surface area contributed by atoms with Gasteiger partial charge in [-0.1, -0.05) is 55.4 Å². The van der Waals surface area contributed by atoms with Crippen LogP contribution in [-0.4, -0.2) is 34.7 Å². The van der Waals surface area contributed by atoms with Crippen LogP contribution >= 0.6 is 61.9 Å². The lowest BCUT2D eigenvalue weighted by Crippen LogP contribution is -2.52. The summed E-state index contributed by atoms with van der Waals surface area (Å²) < 4.78 is 2.32. The molecule has 1 nitrogen and oxygen atoms in total. The van der Waals surface area contributed by atoms with E-state index in [0.717, 1.165) is 0 Å². The zero-order chi connectivity index (χ0) is 15.8. The third-order valence-electron chi connectivity index (χ3n) is 2.99. The van der Waals surface area contributed by atoms with Crippen LogP contribution in [0.2, 0.25) is 0 Å². The molecule has 0 aromatic carbocycles. The normalized spacial score (nSPS) is 17.7. The van der Waals surface area contributed by atoms with Gasteiger partial charge < -0.3 is 0 Å². The van der Waals surface area contributed by atoms with Crippen molar-refractivity contribution in [2.24, 2.45) is 0 Å². The van der Waals surface area contributed by atoms with Gasteiger partial charge in [-0.25, -0.2) is 0 Å². The maximum atomic E-state index is 6.55. The average molecular weight is 422 g/mol. The monoisotopic (exact) mass is 419 g/mol. The molecule has 0 N–H and O–H groups in total. The molecule has 1 unspecified atom stereocenters. The molecule has 0 aromatic heterocycles. The second-order valence-corrected chi connectivity index (χ2v) is 32.8. The maximum Gasteiger partial charge on any atom is 0.528 e. The first-order chi connectivity index (χ1) is 8.21. The summed E-state index contributed by atoms with van der Waals surface area (Å²) >= 11 is 32.7. The molecule has 9 heteroatoms. The summed E-state index contributed by atoms with van der Waals surface area (Å²) in [6.45, 7) is 12.5. The molecule has 0 aliphatic carbocycles. The zero-order valence-electron chi connectivity index (χ0n) is 12.4. The van der Waals surface area contributed by atoms with Crippen molar-refractivity contribution in [3.63, 3.8) is 0 Å². The van der Waals surface area contributed by atoms with Gasteiger partial charge in [0.05, 0.1) is 11.7 Å². The van der Waals surface area contributed by atoms with E-state index in [1.807, 2.05) is 0 Å². The number of nitrogens with zero attached hydrogens (tertiary/aromatic N) is 1. The Balaban J connectivity index is 6.30. The Morgan fingerprint density at radius 1 is 0.947 bits per heavy atom. The Kier molecular flexibility index (Phi) is 8.10. The first kappa shape index (κ1) is 21.3. The van der Waals surface area contributed by atoms with Gasteiger partial charge in [-0.3, -0.25) is 0 Å². The summed E-state index contributed by atoms with van der Waals surface area (Å²) in [6, 6.07) is 0.487. The van der Waals surface area contributed by atoms with Crippen LogP contribution in [0.25, 0.3) is 0 Å². The highest BCUT2D eigenvalue weighted by Gasteiger charge is 2.76. The molecule has 0 aromatic rings. The lowest BCUT2D eigenvalue weighted by atomic mass is 10.3. The van der Waals surface area contributed by atoms with Crippen molar-refractivity contribution in [1.82, 2.24) is 4.67 Å². The van der Waals surface area contributed by atoms with Crippen LogP contribution in [0.4, 0.5) is 0 Å². The molecule has 0 fully saturated rings. The average Bonchev–Trinajstić information content (AvgIpc) is 2.06. The Hall–Kier alpha value is 2.27. The molecule has 0 bridgehead atoms. The number of rotatable bonds is 5. The van der Waals surface area contributed by atoms with Gasteiger partial charge in [-0.2, -0.15) is 4.67 Å². The SMILES string of the molecule is CC(C)N(C(C)C)[P+]([Si](Cl)Cl)(C(C)(C)C)[Si](Cl)(Cl)Cl. The molecule has 0 saturated heterocycles. The molecule has 0 rings (SSSR count). The molecular formula is C10H23Cl5NPSi2+. The molecule has 0 saturated carbocycles. The van der Waals surface area contributed by atoms with Crippen molar-refractivity contribution < 1.29 is 0 Å². The summed E-state index contributed by atoms with van der Waals surface area (Å²) in [5.41, 5.74) is -3.09. The second-order valence-electron chi connectivity index (χ2n) is 6.08. The lowest BCUT2D eigenvalue weighted by molar-refractivity contribution is 0.317. The topological polar surface area (TPSA) is 3.24 Å². The predicted octanol–water partition coefficient (Wildman–Crippen LogP) is 6.45. The van der Waals surface area contributed by atoms with Crippen LogP contribution < -0.4 is 0 Å².